The molecule has 13 heavy (non-hydrogen) atoms. The molecule has 0 aliphatic carbocycles. The van der Waals surface area contributed by atoms with Crippen LogP contribution in [0.1, 0.15) is 32.6 Å². The minimum Gasteiger partial charge on any atom is -0.466 e. The highest BCUT2D eigenvalue weighted by Gasteiger charge is 2.21. The first kappa shape index (κ1) is 10.0. The molecule has 0 aromatic heterocycles. The zero-order valence-corrected chi connectivity index (χ0v) is 7.84. The van der Waals surface area contributed by atoms with Crippen LogP contribution >= 0.6 is 0 Å². The Bertz CT molecular complexity index is 203. The van der Waals surface area contributed by atoms with E-state index in [0.29, 0.717) is 25.9 Å². The van der Waals surface area contributed by atoms with Gasteiger partial charge in [-0.3, -0.25) is 9.59 Å². The van der Waals surface area contributed by atoms with Crippen molar-refractivity contribution in [2.75, 3.05) is 6.61 Å². The zero-order valence-electron chi connectivity index (χ0n) is 7.84. The highest BCUT2D eigenvalue weighted by Crippen LogP contribution is 2.11. The van der Waals surface area contributed by atoms with Gasteiger partial charge in [0.15, 0.2) is 0 Å². The lowest BCUT2D eigenvalue weighted by molar-refractivity contribution is -0.143. The van der Waals surface area contributed by atoms with Gasteiger partial charge in [-0.2, -0.15) is 0 Å². The van der Waals surface area contributed by atoms with Gasteiger partial charge in [0.25, 0.3) is 0 Å². The fourth-order valence-electron chi connectivity index (χ4n) is 1.42. The van der Waals surface area contributed by atoms with E-state index < -0.39 is 0 Å². The van der Waals surface area contributed by atoms with Crippen molar-refractivity contribution in [2.45, 2.75) is 38.6 Å². The molecule has 1 amide bonds. The summed E-state index contributed by atoms with van der Waals surface area (Å²) in [6.45, 7) is 2.21. The lowest BCUT2D eigenvalue weighted by Crippen LogP contribution is -2.26. The van der Waals surface area contributed by atoms with Crippen molar-refractivity contribution in [1.82, 2.24) is 5.32 Å². The normalized spacial score (nSPS) is 21.3. The third-order valence-corrected chi connectivity index (χ3v) is 2.09. The Morgan fingerprint density at radius 3 is 3.00 bits per heavy atom. The summed E-state index contributed by atoms with van der Waals surface area (Å²) < 4.78 is 4.78. The largest absolute Gasteiger partial charge is 0.466 e. The van der Waals surface area contributed by atoms with E-state index in [0.717, 1.165) is 6.42 Å². The number of carbonyl (C=O) groups excluding carboxylic acids is 2. The van der Waals surface area contributed by atoms with Crippen molar-refractivity contribution in [1.29, 1.82) is 0 Å². The molecule has 0 unspecified atom stereocenters. The molecule has 0 radical (unpaired) electrons. The molecule has 1 aliphatic rings. The minimum absolute atomic E-state index is 0.0915. The molecule has 1 heterocycles. The van der Waals surface area contributed by atoms with Gasteiger partial charge in [-0.25, -0.2) is 0 Å². The first-order chi connectivity index (χ1) is 6.22. The van der Waals surface area contributed by atoms with E-state index in [9.17, 15) is 9.59 Å². The Hall–Kier alpha value is -1.06. The van der Waals surface area contributed by atoms with Crippen LogP contribution < -0.4 is 5.32 Å². The summed E-state index contributed by atoms with van der Waals surface area (Å²) in [5.74, 6) is -0.0856. The third kappa shape index (κ3) is 3.44. The van der Waals surface area contributed by atoms with Crippen LogP contribution in [-0.4, -0.2) is 24.5 Å². The van der Waals surface area contributed by atoms with E-state index in [4.69, 9.17) is 4.74 Å². The van der Waals surface area contributed by atoms with Gasteiger partial charge in [0.1, 0.15) is 0 Å². The number of hydrogen-bond donors (Lipinski definition) is 1. The SMILES string of the molecule is CCOC(=O)CC[C@@H]1CCC(=O)N1. The first-order valence-corrected chi connectivity index (χ1v) is 4.67. The Morgan fingerprint density at radius 2 is 2.46 bits per heavy atom. The number of rotatable bonds is 4. The molecule has 0 aromatic carbocycles. The van der Waals surface area contributed by atoms with Crippen LogP contribution in [0.25, 0.3) is 0 Å². The van der Waals surface area contributed by atoms with Crippen LogP contribution in [0.4, 0.5) is 0 Å². The van der Waals surface area contributed by atoms with E-state index in [1.54, 1.807) is 6.92 Å². The van der Waals surface area contributed by atoms with Crippen molar-refractivity contribution in [3.05, 3.63) is 0 Å². The molecule has 0 aromatic rings. The van der Waals surface area contributed by atoms with Gasteiger partial charge in [0.2, 0.25) is 5.91 Å². The van der Waals surface area contributed by atoms with Gasteiger partial charge >= 0.3 is 5.97 Å². The van der Waals surface area contributed by atoms with Gasteiger partial charge in [-0.15, -0.1) is 0 Å². The highest BCUT2D eigenvalue weighted by atomic mass is 16.5. The summed E-state index contributed by atoms with van der Waals surface area (Å²) in [4.78, 5) is 21.7. The molecule has 0 saturated carbocycles. The maximum atomic E-state index is 10.9. The second-order valence-corrected chi connectivity index (χ2v) is 3.15. The third-order valence-electron chi connectivity index (χ3n) is 2.09. The summed E-state index contributed by atoms with van der Waals surface area (Å²) >= 11 is 0. The van der Waals surface area contributed by atoms with Gasteiger partial charge < -0.3 is 10.1 Å². The van der Waals surface area contributed by atoms with Crippen LogP contribution in [0, 0.1) is 0 Å². The number of carbonyl (C=O) groups is 2. The van der Waals surface area contributed by atoms with Crippen LogP contribution in [0.15, 0.2) is 0 Å². The molecule has 1 N–H and O–H groups in total. The average molecular weight is 185 g/mol. The molecule has 74 valence electrons. The van der Waals surface area contributed by atoms with Crippen molar-refractivity contribution >= 4 is 11.9 Å². The van der Waals surface area contributed by atoms with Gasteiger partial charge in [0, 0.05) is 18.9 Å². The Morgan fingerprint density at radius 1 is 1.69 bits per heavy atom. The van der Waals surface area contributed by atoms with E-state index in [1.807, 2.05) is 0 Å². The topological polar surface area (TPSA) is 55.4 Å². The average Bonchev–Trinajstić information content (AvgIpc) is 2.49. The summed E-state index contributed by atoms with van der Waals surface area (Å²) in [6, 6.07) is 0.178. The monoisotopic (exact) mass is 185 g/mol. The zero-order chi connectivity index (χ0) is 9.68. The molecular weight excluding hydrogens is 170 g/mol. The predicted molar refractivity (Wildman–Crippen MR) is 47.0 cm³/mol. The van der Waals surface area contributed by atoms with Crippen LogP contribution in [0.5, 0.6) is 0 Å². The Kier molecular flexibility index (Phi) is 3.73. The summed E-state index contributed by atoms with van der Waals surface area (Å²) in [5, 5.41) is 2.80. The fraction of sp³-hybridized carbons (Fsp3) is 0.778. The first-order valence-electron chi connectivity index (χ1n) is 4.67. The molecule has 1 fully saturated rings. The molecule has 4 nitrogen and oxygen atoms in total. The quantitative estimate of drug-likeness (QED) is 0.653. The van der Waals surface area contributed by atoms with Crippen LogP contribution in [-0.2, 0) is 14.3 Å². The van der Waals surface area contributed by atoms with E-state index in [2.05, 4.69) is 5.32 Å². The summed E-state index contributed by atoms with van der Waals surface area (Å²) in [7, 11) is 0. The second kappa shape index (κ2) is 4.84. The van der Waals surface area contributed by atoms with E-state index >= 15 is 0 Å². The lowest BCUT2D eigenvalue weighted by Gasteiger charge is -2.08. The Balaban J connectivity index is 2.12. The van der Waals surface area contributed by atoms with Crippen molar-refractivity contribution in [3.63, 3.8) is 0 Å². The maximum absolute atomic E-state index is 10.9. The highest BCUT2D eigenvalue weighted by molar-refractivity contribution is 5.78. The van der Waals surface area contributed by atoms with Gasteiger partial charge in [0.05, 0.1) is 6.61 Å². The number of amides is 1. The van der Waals surface area contributed by atoms with Crippen LogP contribution in [0.2, 0.25) is 0 Å². The van der Waals surface area contributed by atoms with Gasteiger partial charge in [-0.05, 0) is 19.8 Å². The number of nitrogens with one attached hydrogen (secondary N) is 1. The van der Waals surface area contributed by atoms with Gasteiger partial charge in [-0.1, -0.05) is 0 Å². The second-order valence-electron chi connectivity index (χ2n) is 3.15. The molecule has 1 aliphatic heterocycles. The molecule has 0 bridgehead atoms. The van der Waals surface area contributed by atoms with Crippen LogP contribution in [0.3, 0.4) is 0 Å². The van der Waals surface area contributed by atoms with Crippen molar-refractivity contribution < 1.29 is 14.3 Å². The molecule has 1 saturated heterocycles. The maximum Gasteiger partial charge on any atom is 0.305 e. The molecule has 1 atom stereocenters. The summed E-state index contributed by atoms with van der Waals surface area (Å²) in [5.41, 5.74) is 0. The summed E-state index contributed by atoms with van der Waals surface area (Å²) in [6.07, 6.45) is 2.54. The molecule has 0 spiro atoms. The predicted octanol–water partition coefficient (Wildman–Crippen LogP) is 0.608. The fourth-order valence-corrected chi connectivity index (χ4v) is 1.42. The smallest absolute Gasteiger partial charge is 0.305 e. The molecular formula is C9H15NO3. The lowest BCUT2D eigenvalue weighted by atomic mass is 10.1. The number of hydrogen-bond acceptors (Lipinski definition) is 3. The van der Waals surface area contributed by atoms with E-state index in [-0.39, 0.29) is 17.9 Å². The number of ether oxygens (including phenoxy) is 1. The van der Waals surface area contributed by atoms with E-state index in [1.165, 1.54) is 0 Å². The molecule has 4 heteroatoms. The standard InChI is InChI=1S/C9H15NO3/c1-2-13-9(12)6-4-7-3-5-8(11)10-7/h7H,2-6H2,1H3,(H,10,11)/t7-/m0/s1. The minimum atomic E-state index is -0.177. The van der Waals surface area contributed by atoms with Crippen molar-refractivity contribution in [3.8, 4) is 0 Å². The number of esters is 1. The molecule has 1 rings (SSSR count). The Labute approximate surface area is 77.6 Å². The van der Waals surface area contributed by atoms with Crippen molar-refractivity contribution in [2.24, 2.45) is 0 Å².